The molecule has 1 aromatic rings. The number of carbonyl (C=O) groups is 1. The molecule has 0 saturated heterocycles. The summed E-state index contributed by atoms with van der Waals surface area (Å²) in [7, 11) is 0. The van der Waals surface area contributed by atoms with Crippen molar-refractivity contribution in [2.45, 2.75) is 6.92 Å². The Labute approximate surface area is 95.7 Å². The van der Waals surface area contributed by atoms with Crippen molar-refractivity contribution in [1.29, 1.82) is 0 Å². The van der Waals surface area contributed by atoms with Crippen LogP contribution >= 0.6 is 15.9 Å². The molecule has 15 heavy (non-hydrogen) atoms. The van der Waals surface area contributed by atoms with Crippen molar-refractivity contribution in [3.63, 3.8) is 0 Å². The van der Waals surface area contributed by atoms with E-state index in [1.165, 1.54) is 12.1 Å². The first kappa shape index (κ1) is 12.0. The summed E-state index contributed by atoms with van der Waals surface area (Å²) in [5.41, 5.74) is 0.531. The quantitative estimate of drug-likeness (QED) is 0.859. The Morgan fingerprint density at radius 2 is 2.33 bits per heavy atom. The second-order valence-corrected chi connectivity index (χ2v) is 3.64. The topological polar surface area (TPSA) is 38.3 Å². The van der Waals surface area contributed by atoms with Crippen LogP contribution in [-0.2, 0) is 9.53 Å². The first-order chi connectivity index (χ1) is 7.13. The van der Waals surface area contributed by atoms with Crippen LogP contribution in [0.4, 0.5) is 10.1 Å². The lowest BCUT2D eigenvalue weighted by Gasteiger charge is -2.07. The Bertz CT molecular complexity index is 357. The van der Waals surface area contributed by atoms with Gasteiger partial charge in [0.05, 0.1) is 12.3 Å². The first-order valence-corrected chi connectivity index (χ1v) is 5.27. The first-order valence-electron chi connectivity index (χ1n) is 4.48. The van der Waals surface area contributed by atoms with E-state index < -0.39 is 0 Å². The smallest absolute Gasteiger partial charge is 0.325 e. The third-order valence-corrected chi connectivity index (χ3v) is 2.35. The SMILES string of the molecule is CCOC(=O)CNc1cc(F)ccc1Br. The van der Waals surface area contributed by atoms with Gasteiger partial charge < -0.3 is 10.1 Å². The van der Waals surface area contributed by atoms with E-state index in [4.69, 9.17) is 4.74 Å². The van der Waals surface area contributed by atoms with Crippen molar-refractivity contribution in [1.82, 2.24) is 0 Å². The molecular weight excluding hydrogens is 265 g/mol. The van der Waals surface area contributed by atoms with Crippen molar-refractivity contribution >= 4 is 27.6 Å². The number of hydrogen-bond acceptors (Lipinski definition) is 3. The number of esters is 1. The summed E-state index contributed by atoms with van der Waals surface area (Å²) >= 11 is 3.24. The Morgan fingerprint density at radius 3 is 3.00 bits per heavy atom. The number of carbonyl (C=O) groups excluding carboxylic acids is 1. The summed E-state index contributed by atoms with van der Waals surface area (Å²) in [5, 5.41) is 2.78. The summed E-state index contributed by atoms with van der Waals surface area (Å²) in [6.45, 7) is 2.09. The molecule has 0 saturated carbocycles. The Morgan fingerprint density at radius 1 is 1.60 bits per heavy atom. The van der Waals surface area contributed by atoms with Gasteiger partial charge in [-0.15, -0.1) is 0 Å². The highest BCUT2D eigenvalue weighted by Crippen LogP contribution is 2.22. The van der Waals surface area contributed by atoms with Gasteiger partial charge in [-0.05, 0) is 41.1 Å². The Hall–Kier alpha value is -1.10. The van der Waals surface area contributed by atoms with Crippen molar-refractivity contribution in [3.05, 3.63) is 28.5 Å². The van der Waals surface area contributed by atoms with Crippen LogP contribution < -0.4 is 5.32 Å². The second-order valence-electron chi connectivity index (χ2n) is 2.78. The van der Waals surface area contributed by atoms with Gasteiger partial charge in [-0.3, -0.25) is 4.79 Å². The van der Waals surface area contributed by atoms with E-state index in [0.717, 1.165) is 0 Å². The highest BCUT2D eigenvalue weighted by atomic mass is 79.9. The summed E-state index contributed by atoms with van der Waals surface area (Å²) in [6, 6.07) is 4.21. The molecule has 0 unspecified atom stereocenters. The minimum Gasteiger partial charge on any atom is -0.465 e. The van der Waals surface area contributed by atoms with Crippen molar-refractivity contribution in [3.8, 4) is 0 Å². The zero-order valence-corrected chi connectivity index (χ0v) is 9.80. The molecule has 1 N–H and O–H groups in total. The van der Waals surface area contributed by atoms with Crippen LogP contribution in [0.25, 0.3) is 0 Å². The van der Waals surface area contributed by atoms with Crippen molar-refractivity contribution in [2.24, 2.45) is 0 Å². The number of ether oxygens (including phenoxy) is 1. The van der Waals surface area contributed by atoms with Crippen LogP contribution in [0.15, 0.2) is 22.7 Å². The third kappa shape index (κ3) is 3.87. The minimum absolute atomic E-state index is 0.0237. The minimum atomic E-state index is -0.367. The number of benzene rings is 1. The van der Waals surface area contributed by atoms with Crippen molar-refractivity contribution in [2.75, 3.05) is 18.5 Å². The zero-order valence-electron chi connectivity index (χ0n) is 8.22. The van der Waals surface area contributed by atoms with Crippen LogP contribution in [0.1, 0.15) is 6.92 Å². The molecule has 0 heterocycles. The molecule has 0 spiro atoms. The molecule has 3 nitrogen and oxygen atoms in total. The van der Waals surface area contributed by atoms with E-state index in [0.29, 0.717) is 16.8 Å². The van der Waals surface area contributed by atoms with E-state index in [2.05, 4.69) is 21.2 Å². The normalized spacial score (nSPS) is 9.80. The van der Waals surface area contributed by atoms with Gasteiger partial charge in [-0.1, -0.05) is 0 Å². The predicted octanol–water partition coefficient (Wildman–Crippen LogP) is 2.56. The maximum absolute atomic E-state index is 12.8. The molecule has 0 aliphatic carbocycles. The molecule has 82 valence electrons. The second kappa shape index (κ2) is 5.70. The Balaban J connectivity index is 2.57. The standard InChI is InChI=1S/C10H11BrFNO2/c1-2-15-10(14)6-13-9-5-7(12)3-4-8(9)11/h3-5,13H,2,6H2,1H3. The number of halogens is 2. The number of hydrogen-bond donors (Lipinski definition) is 1. The highest BCUT2D eigenvalue weighted by molar-refractivity contribution is 9.10. The maximum Gasteiger partial charge on any atom is 0.325 e. The largest absolute Gasteiger partial charge is 0.465 e. The monoisotopic (exact) mass is 275 g/mol. The Kier molecular flexibility index (Phi) is 4.55. The summed E-state index contributed by atoms with van der Waals surface area (Å²) in [4.78, 5) is 11.0. The fourth-order valence-electron chi connectivity index (χ4n) is 1.01. The summed E-state index contributed by atoms with van der Waals surface area (Å²) < 4.78 is 18.3. The lowest BCUT2D eigenvalue weighted by Crippen LogP contribution is -2.16. The molecule has 0 radical (unpaired) electrons. The molecule has 0 atom stereocenters. The predicted molar refractivity (Wildman–Crippen MR) is 59.2 cm³/mol. The average Bonchev–Trinajstić information content (AvgIpc) is 2.20. The zero-order chi connectivity index (χ0) is 11.3. The fraction of sp³-hybridized carbons (Fsp3) is 0.300. The van der Waals surface area contributed by atoms with Crippen LogP contribution in [0.3, 0.4) is 0 Å². The number of anilines is 1. The molecule has 0 fully saturated rings. The van der Waals surface area contributed by atoms with Gasteiger partial charge >= 0.3 is 5.97 Å². The number of rotatable bonds is 4. The molecule has 0 aromatic heterocycles. The molecule has 1 aromatic carbocycles. The maximum atomic E-state index is 12.8. The molecule has 5 heteroatoms. The number of nitrogens with one attached hydrogen (secondary N) is 1. The van der Waals surface area contributed by atoms with Gasteiger partial charge in [-0.25, -0.2) is 4.39 Å². The lowest BCUT2D eigenvalue weighted by atomic mass is 10.3. The summed E-state index contributed by atoms with van der Waals surface area (Å²) in [6.07, 6.45) is 0. The van der Waals surface area contributed by atoms with Gasteiger partial charge in [0.1, 0.15) is 12.4 Å². The van der Waals surface area contributed by atoms with Crippen LogP contribution in [-0.4, -0.2) is 19.1 Å². The van der Waals surface area contributed by atoms with E-state index in [1.54, 1.807) is 13.0 Å². The fourth-order valence-corrected chi connectivity index (χ4v) is 1.40. The van der Waals surface area contributed by atoms with Crippen molar-refractivity contribution < 1.29 is 13.9 Å². The van der Waals surface area contributed by atoms with Gasteiger partial charge in [0.2, 0.25) is 0 Å². The molecule has 1 rings (SSSR count). The highest BCUT2D eigenvalue weighted by Gasteiger charge is 2.04. The molecule has 0 bridgehead atoms. The van der Waals surface area contributed by atoms with E-state index in [9.17, 15) is 9.18 Å². The molecule has 0 aliphatic rings. The van der Waals surface area contributed by atoms with E-state index in [1.807, 2.05) is 0 Å². The van der Waals surface area contributed by atoms with Crippen LogP contribution in [0.2, 0.25) is 0 Å². The molecular formula is C10H11BrFNO2. The third-order valence-electron chi connectivity index (χ3n) is 1.66. The van der Waals surface area contributed by atoms with Gasteiger partial charge in [0.25, 0.3) is 0 Å². The molecule has 0 aliphatic heterocycles. The summed E-state index contributed by atoms with van der Waals surface area (Å²) in [5.74, 6) is -0.724. The van der Waals surface area contributed by atoms with Crippen LogP contribution in [0.5, 0.6) is 0 Å². The van der Waals surface area contributed by atoms with Gasteiger partial charge in [0.15, 0.2) is 0 Å². The average molecular weight is 276 g/mol. The lowest BCUT2D eigenvalue weighted by molar-refractivity contribution is -0.140. The van der Waals surface area contributed by atoms with Gasteiger partial charge in [0, 0.05) is 4.47 Å². The van der Waals surface area contributed by atoms with E-state index in [-0.39, 0.29) is 18.3 Å². The van der Waals surface area contributed by atoms with Gasteiger partial charge in [-0.2, -0.15) is 0 Å². The van der Waals surface area contributed by atoms with Crippen LogP contribution in [0, 0.1) is 5.82 Å². The van der Waals surface area contributed by atoms with E-state index >= 15 is 0 Å². The molecule has 0 amide bonds.